The van der Waals surface area contributed by atoms with Crippen molar-refractivity contribution in [2.24, 2.45) is 5.92 Å². The van der Waals surface area contributed by atoms with E-state index in [0.717, 1.165) is 6.42 Å². The lowest BCUT2D eigenvalue weighted by molar-refractivity contribution is -0.136. The van der Waals surface area contributed by atoms with Crippen molar-refractivity contribution in [3.8, 4) is 0 Å². The minimum atomic E-state index is -1.84. The maximum Gasteiger partial charge on any atom is 0.333 e. The fourth-order valence-electron chi connectivity index (χ4n) is 3.62. The van der Waals surface area contributed by atoms with Gasteiger partial charge in [0.2, 0.25) is 0 Å². The first kappa shape index (κ1) is 21.4. The number of ether oxygens (including phenoxy) is 1. The summed E-state index contributed by atoms with van der Waals surface area (Å²) in [6, 6.07) is 0. The van der Waals surface area contributed by atoms with Crippen molar-refractivity contribution >= 4 is 14.3 Å². The van der Waals surface area contributed by atoms with Crippen LogP contribution in [-0.2, 0) is 14.0 Å². The van der Waals surface area contributed by atoms with Crippen molar-refractivity contribution in [3.63, 3.8) is 0 Å². The van der Waals surface area contributed by atoms with Crippen LogP contribution < -0.4 is 0 Å². The van der Waals surface area contributed by atoms with Crippen LogP contribution in [0.2, 0.25) is 16.6 Å². The van der Waals surface area contributed by atoms with Gasteiger partial charge in [-0.25, -0.2) is 4.79 Å². The number of carbonyl (C=O) groups is 1. The highest BCUT2D eigenvalue weighted by Crippen LogP contribution is 2.42. The van der Waals surface area contributed by atoms with Crippen molar-refractivity contribution in [1.82, 2.24) is 0 Å². The van der Waals surface area contributed by atoms with E-state index in [2.05, 4.69) is 48.5 Å². The van der Waals surface area contributed by atoms with Crippen LogP contribution in [0.4, 0.5) is 0 Å². The van der Waals surface area contributed by atoms with E-state index in [0.29, 0.717) is 28.8 Å². The van der Waals surface area contributed by atoms with E-state index in [-0.39, 0.29) is 11.9 Å². The van der Waals surface area contributed by atoms with E-state index in [1.807, 2.05) is 13.0 Å². The Bertz CT molecular complexity index is 351. The fourth-order valence-corrected chi connectivity index (χ4v) is 9.12. The monoisotopic (exact) mass is 328 g/mol. The molecule has 0 aliphatic rings. The summed E-state index contributed by atoms with van der Waals surface area (Å²) in [6.45, 7) is 18.4. The zero-order valence-corrected chi connectivity index (χ0v) is 17.0. The highest BCUT2D eigenvalue weighted by Gasteiger charge is 2.45. The number of carbonyl (C=O) groups excluding carboxylic acids is 1. The summed E-state index contributed by atoms with van der Waals surface area (Å²) in [5, 5.41) is 0. The molecule has 0 aromatic rings. The molecule has 0 aromatic carbocycles. The molecule has 0 rings (SSSR count). The molecule has 1 atom stereocenters. The van der Waals surface area contributed by atoms with Gasteiger partial charge in [-0.3, -0.25) is 0 Å². The third-order valence-corrected chi connectivity index (χ3v) is 10.9. The van der Waals surface area contributed by atoms with Gasteiger partial charge in [0.05, 0.1) is 7.11 Å². The fraction of sp³-hybridized carbons (Fsp3) is 0.833. The Hall–Kier alpha value is -0.613. The zero-order valence-electron chi connectivity index (χ0n) is 16.0. The Morgan fingerprint density at radius 1 is 1.05 bits per heavy atom. The van der Waals surface area contributed by atoms with Gasteiger partial charge in [-0.15, -0.1) is 0 Å². The molecule has 0 heterocycles. The third kappa shape index (κ3) is 5.23. The second-order valence-electron chi connectivity index (χ2n) is 7.14. The van der Waals surface area contributed by atoms with E-state index >= 15 is 0 Å². The van der Waals surface area contributed by atoms with E-state index < -0.39 is 8.32 Å². The zero-order chi connectivity index (χ0) is 17.5. The number of rotatable bonds is 9. The maximum atomic E-state index is 11.6. The lowest BCUT2D eigenvalue weighted by atomic mass is 10.0. The molecule has 0 amide bonds. The summed E-state index contributed by atoms with van der Waals surface area (Å²) >= 11 is 0. The quantitative estimate of drug-likeness (QED) is 0.326. The molecule has 0 bridgehead atoms. The summed E-state index contributed by atoms with van der Waals surface area (Å²) in [5.41, 5.74) is 2.41. The molecule has 0 N–H and O–H groups in total. The third-order valence-electron chi connectivity index (χ3n) is 4.77. The molecule has 0 radical (unpaired) electrons. The van der Waals surface area contributed by atoms with Gasteiger partial charge in [-0.2, -0.15) is 0 Å². The minimum absolute atomic E-state index is 0.251. The van der Waals surface area contributed by atoms with E-state index in [1.54, 1.807) is 0 Å². The van der Waals surface area contributed by atoms with Gasteiger partial charge in [0.25, 0.3) is 0 Å². The Morgan fingerprint density at radius 2 is 1.50 bits per heavy atom. The molecular formula is C18H36O3Si. The van der Waals surface area contributed by atoms with Gasteiger partial charge in [0, 0.05) is 12.2 Å². The second-order valence-corrected chi connectivity index (χ2v) is 12.6. The summed E-state index contributed by atoms with van der Waals surface area (Å²) in [6.07, 6.45) is 2.97. The van der Waals surface area contributed by atoms with Crippen molar-refractivity contribution in [2.45, 2.75) is 78.4 Å². The topological polar surface area (TPSA) is 35.5 Å². The Morgan fingerprint density at radius 3 is 1.82 bits per heavy atom. The number of esters is 1. The standard InChI is InChI=1S/C18H36O3Si/c1-10-17(11-16(8)18(19)20-9)12-21-22(13(2)3,14(4)5)15(6)7/h11,13-15,17H,10,12H2,1-9H3/b16-11-/t17-/m1/s1. The highest BCUT2D eigenvalue weighted by atomic mass is 28.4. The lowest BCUT2D eigenvalue weighted by Gasteiger charge is -2.42. The summed E-state index contributed by atoms with van der Waals surface area (Å²) < 4.78 is 11.4. The molecule has 0 aliphatic carbocycles. The van der Waals surface area contributed by atoms with Crippen molar-refractivity contribution in [3.05, 3.63) is 11.6 Å². The largest absolute Gasteiger partial charge is 0.466 e. The van der Waals surface area contributed by atoms with Crippen LogP contribution in [0.15, 0.2) is 11.6 Å². The molecule has 3 nitrogen and oxygen atoms in total. The maximum absolute atomic E-state index is 11.6. The first-order valence-corrected chi connectivity index (χ1v) is 10.7. The molecule has 0 saturated heterocycles. The molecule has 22 heavy (non-hydrogen) atoms. The van der Waals surface area contributed by atoms with Gasteiger partial charge < -0.3 is 9.16 Å². The average Bonchev–Trinajstić information content (AvgIpc) is 2.44. The number of hydrogen-bond donors (Lipinski definition) is 0. The van der Waals surface area contributed by atoms with Gasteiger partial charge in [0.15, 0.2) is 8.32 Å². The molecule has 130 valence electrons. The Labute approximate surface area is 138 Å². The van der Waals surface area contributed by atoms with Crippen LogP contribution in [-0.4, -0.2) is 28.0 Å². The lowest BCUT2D eigenvalue weighted by Crippen LogP contribution is -2.48. The van der Waals surface area contributed by atoms with E-state index in [9.17, 15) is 4.79 Å². The molecule has 4 heteroatoms. The number of hydrogen-bond acceptors (Lipinski definition) is 3. The number of methoxy groups -OCH3 is 1. The van der Waals surface area contributed by atoms with Gasteiger partial charge >= 0.3 is 5.97 Å². The van der Waals surface area contributed by atoms with Crippen LogP contribution in [0, 0.1) is 5.92 Å². The SMILES string of the molecule is CC[C@H](/C=C(/C)C(=O)OC)CO[Si](C(C)C)(C(C)C)C(C)C. The molecule has 0 fully saturated rings. The molecular weight excluding hydrogens is 292 g/mol. The second kappa shape index (κ2) is 9.51. The summed E-state index contributed by atoms with van der Waals surface area (Å²) in [4.78, 5) is 11.6. The van der Waals surface area contributed by atoms with Crippen molar-refractivity contribution in [2.75, 3.05) is 13.7 Å². The van der Waals surface area contributed by atoms with Crippen LogP contribution in [0.3, 0.4) is 0 Å². The van der Waals surface area contributed by atoms with Gasteiger partial charge in [-0.05, 0) is 35.9 Å². The normalized spacial score (nSPS) is 14.8. The first-order valence-electron chi connectivity index (χ1n) is 8.54. The average molecular weight is 329 g/mol. The highest BCUT2D eigenvalue weighted by molar-refractivity contribution is 6.77. The van der Waals surface area contributed by atoms with Crippen molar-refractivity contribution < 1.29 is 14.0 Å². The van der Waals surface area contributed by atoms with Gasteiger partial charge in [0.1, 0.15) is 0 Å². The molecule has 0 aliphatic heterocycles. The summed E-state index contributed by atoms with van der Waals surface area (Å²) in [7, 11) is -0.417. The van der Waals surface area contributed by atoms with Crippen molar-refractivity contribution in [1.29, 1.82) is 0 Å². The Balaban J connectivity index is 5.14. The Kier molecular flexibility index (Phi) is 9.24. The van der Waals surface area contributed by atoms with E-state index in [1.165, 1.54) is 7.11 Å². The van der Waals surface area contributed by atoms with Gasteiger partial charge in [-0.1, -0.05) is 54.5 Å². The van der Waals surface area contributed by atoms with Crippen LogP contribution in [0.25, 0.3) is 0 Å². The first-order chi connectivity index (χ1) is 10.1. The summed E-state index contributed by atoms with van der Waals surface area (Å²) in [5.74, 6) is 0.0146. The predicted molar refractivity (Wildman–Crippen MR) is 96.6 cm³/mol. The van der Waals surface area contributed by atoms with Crippen LogP contribution in [0.1, 0.15) is 61.8 Å². The molecule has 0 spiro atoms. The minimum Gasteiger partial charge on any atom is -0.466 e. The molecule has 0 unspecified atom stereocenters. The molecule has 0 saturated carbocycles. The van der Waals surface area contributed by atoms with Crippen LogP contribution in [0.5, 0.6) is 0 Å². The smallest absolute Gasteiger partial charge is 0.333 e. The molecule has 0 aromatic heterocycles. The van der Waals surface area contributed by atoms with E-state index in [4.69, 9.17) is 9.16 Å². The van der Waals surface area contributed by atoms with Crippen LogP contribution >= 0.6 is 0 Å². The predicted octanol–water partition coefficient (Wildman–Crippen LogP) is 5.32.